The summed E-state index contributed by atoms with van der Waals surface area (Å²) in [6, 6.07) is 6.60. The number of amides is 1. The van der Waals surface area contributed by atoms with Crippen LogP contribution >= 0.6 is 0 Å². The average Bonchev–Trinajstić information content (AvgIpc) is 2.40. The Hall–Kier alpha value is -1.59. The van der Waals surface area contributed by atoms with Crippen molar-refractivity contribution in [3.63, 3.8) is 0 Å². The first-order valence-electron chi connectivity index (χ1n) is 6.56. The standard InChI is InChI=1S/C14H20N2O3/c1-11(10-16-6-8-19-9-7-16)15-14(18)12-4-2-3-5-13(12)17/h2-5,11,17H,6-10H2,1H3,(H,15,18). The molecule has 1 saturated heterocycles. The van der Waals surface area contributed by atoms with Gasteiger partial charge in [0.25, 0.3) is 5.91 Å². The Morgan fingerprint density at radius 2 is 2.11 bits per heavy atom. The molecule has 2 rings (SSSR count). The Balaban J connectivity index is 1.86. The Kier molecular flexibility index (Phi) is 4.76. The summed E-state index contributed by atoms with van der Waals surface area (Å²) in [5.74, 6) is -0.225. The number of nitrogens with zero attached hydrogens (tertiary/aromatic N) is 1. The molecule has 0 spiro atoms. The molecule has 1 fully saturated rings. The van der Waals surface area contributed by atoms with E-state index in [9.17, 15) is 9.90 Å². The van der Waals surface area contributed by atoms with E-state index in [2.05, 4.69) is 10.2 Å². The summed E-state index contributed by atoms with van der Waals surface area (Å²) >= 11 is 0. The van der Waals surface area contributed by atoms with Crippen molar-refractivity contribution in [2.45, 2.75) is 13.0 Å². The van der Waals surface area contributed by atoms with Crippen LogP contribution in [0.25, 0.3) is 0 Å². The predicted octanol–water partition coefficient (Wildman–Crippen LogP) is 0.843. The lowest BCUT2D eigenvalue weighted by atomic mass is 10.1. The van der Waals surface area contributed by atoms with Crippen LogP contribution in [0.15, 0.2) is 24.3 Å². The molecule has 2 N–H and O–H groups in total. The number of hydrogen-bond donors (Lipinski definition) is 2. The van der Waals surface area contributed by atoms with E-state index >= 15 is 0 Å². The highest BCUT2D eigenvalue weighted by molar-refractivity contribution is 5.96. The quantitative estimate of drug-likeness (QED) is 0.846. The Morgan fingerprint density at radius 3 is 2.79 bits per heavy atom. The van der Waals surface area contributed by atoms with Gasteiger partial charge in [0, 0.05) is 25.7 Å². The van der Waals surface area contributed by atoms with Gasteiger partial charge in [-0.3, -0.25) is 9.69 Å². The normalized spacial score (nSPS) is 17.9. The zero-order chi connectivity index (χ0) is 13.7. The second-order valence-corrected chi connectivity index (χ2v) is 4.80. The highest BCUT2D eigenvalue weighted by Gasteiger charge is 2.17. The van der Waals surface area contributed by atoms with Crippen LogP contribution in [-0.2, 0) is 4.74 Å². The molecule has 1 atom stereocenters. The van der Waals surface area contributed by atoms with Crippen molar-refractivity contribution in [1.29, 1.82) is 0 Å². The van der Waals surface area contributed by atoms with Crippen LogP contribution in [0.1, 0.15) is 17.3 Å². The van der Waals surface area contributed by atoms with Crippen LogP contribution in [0, 0.1) is 0 Å². The van der Waals surface area contributed by atoms with Crippen molar-refractivity contribution in [3.05, 3.63) is 29.8 Å². The van der Waals surface area contributed by atoms with Gasteiger partial charge in [0.2, 0.25) is 0 Å². The molecule has 0 aromatic heterocycles. The number of carbonyl (C=O) groups is 1. The van der Waals surface area contributed by atoms with Crippen LogP contribution in [0.4, 0.5) is 0 Å². The van der Waals surface area contributed by atoms with Crippen molar-refractivity contribution in [2.75, 3.05) is 32.8 Å². The number of ether oxygens (including phenoxy) is 1. The molecule has 1 aliphatic heterocycles. The molecule has 19 heavy (non-hydrogen) atoms. The minimum absolute atomic E-state index is 0.0126. The van der Waals surface area contributed by atoms with E-state index in [1.807, 2.05) is 6.92 Å². The van der Waals surface area contributed by atoms with E-state index in [0.29, 0.717) is 5.56 Å². The van der Waals surface area contributed by atoms with E-state index in [1.54, 1.807) is 18.2 Å². The van der Waals surface area contributed by atoms with Gasteiger partial charge in [-0.2, -0.15) is 0 Å². The van der Waals surface area contributed by atoms with E-state index in [1.165, 1.54) is 6.07 Å². The Bertz CT molecular complexity index is 430. The molecule has 0 bridgehead atoms. The maximum Gasteiger partial charge on any atom is 0.255 e. The van der Waals surface area contributed by atoms with Crippen molar-refractivity contribution in [2.24, 2.45) is 0 Å². The summed E-state index contributed by atoms with van der Waals surface area (Å²) in [6.45, 7) is 6.06. The maximum atomic E-state index is 12.0. The highest BCUT2D eigenvalue weighted by atomic mass is 16.5. The largest absolute Gasteiger partial charge is 0.507 e. The molecule has 5 heteroatoms. The van der Waals surface area contributed by atoms with E-state index < -0.39 is 0 Å². The summed E-state index contributed by atoms with van der Waals surface area (Å²) in [7, 11) is 0. The molecule has 1 unspecified atom stereocenters. The van der Waals surface area contributed by atoms with Gasteiger partial charge in [-0.05, 0) is 19.1 Å². The average molecular weight is 264 g/mol. The van der Waals surface area contributed by atoms with Gasteiger partial charge >= 0.3 is 0 Å². The molecule has 0 aliphatic carbocycles. The number of hydrogen-bond acceptors (Lipinski definition) is 4. The molecule has 1 aromatic carbocycles. The minimum atomic E-state index is -0.237. The van der Waals surface area contributed by atoms with Crippen LogP contribution in [-0.4, -0.2) is 54.8 Å². The summed E-state index contributed by atoms with van der Waals surface area (Å²) in [5.41, 5.74) is 0.316. The Labute approximate surface area is 113 Å². The molecule has 1 aliphatic rings. The third kappa shape index (κ3) is 3.94. The maximum absolute atomic E-state index is 12.0. The number of morpholine rings is 1. The molecule has 1 amide bonds. The molecular formula is C14H20N2O3. The number of nitrogens with one attached hydrogen (secondary N) is 1. The molecule has 1 heterocycles. The summed E-state index contributed by atoms with van der Waals surface area (Å²) < 4.78 is 5.29. The smallest absolute Gasteiger partial charge is 0.255 e. The fourth-order valence-corrected chi connectivity index (χ4v) is 2.18. The lowest BCUT2D eigenvalue weighted by Gasteiger charge is -2.29. The number of benzene rings is 1. The van der Waals surface area contributed by atoms with E-state index in [0.717, 1.165) is 32.8 Å². The molecule has 1 aromatic rings. The first-order valence-corrected chi connectivity index (χ1v) is 6.56. The predicted molar refractivity (Wildman–Crippen MR) is 72.3 cm³/mol. The number of carbonyl (C=O) groups excluding carboxylic acids is 1. The second-order valence-electron chi connectivity index (χ2n) is 4.80. The molecule has 0 saturated carbocycles. The zero-order valence-electron chi connectivity index (χ0n) is 11.1. The molecular weight excluding hydrogens is 244 g/mol. The van der Waals surface area contributed by atoms with E-state index in [4.69, 9.17) is 4.74 Å². The zero-order valence-corrected chi connectivity index (χ0v) is 11.1. The van der Waals surface area contributed by atoms with Gasteiger partial charge in [0.05, 0.1) is 18.8 Å². The highest BCUT2D eigenvalue weighted by Crippen LogP contribution is 2.15. The first kappa shape index (κ1) is 13.8. The monoisotopic (exact) mass is 264 g/mol. The third-order valence-electron chi connectivity index (χ3n) is 3.16. The number of phenolic OH excluding ortho intramolecular Hbond substituents is 1. The minimum Gasteiger partial charge on any atom is -0.507 e. The van der Waals surface area contributed by atoms with Gasteiger partial charge in [-0.1, -0.05) is 12.1 Å². The summed E-state index contributed by atoms with van der Waals surface area (Å²) in [6.07, 6.45) is 0. The van der Waals surface area contributed by atoms with Crippen molar-refractivity contribution < 1.29 is 14.6 Å². The van der Waals surface area contributed by atoms with Crippen LogP contribution < -0.4 is 5.32 Å². The second kappa shape index (κ2) is 6.54. The van der Waals surface area contributed by atoms with Gasteiger partial charge in [0.1, 0.15) is 5.75 Å². The number of rotatable bonds is 4. The van der Waals surface area contributed by atoms with Gasteiger partial charge in [0.15, 0.2) is 0 Å². The fraction of sp³-hybridized carbons (Fsp3) is 0.500. The van der Waals surface area contributed by atoms with Gasteiger partial charge in [-0.15, -0.1) is 0 Å². The lowest BCUT2D eigenvalue weighted by molar-refractivity contribution is 0.0342. The summed E-state index contributed by atoms with van der Waals surface area (Å²) in [5, 5.41) is 12.5. The van der Waals surface area contributed by atoms with E-state index in [-0.39, 0.29) is 17.7 Å². The topological polar surface area (TPSA) is 61.8 Å². The fourth-order valence-electron chi connectivity index (χ4n) is 2.18. The summed E-state index contributed by atoms with van der Waals surface area (Å²) in [4.78, 5) is 14.3. The molecule has 5 nitrogen and oxygen atoms in total. The number of para-hydroxylation sites is 1. The molecule has 104 valence electrons. The van der Waals surface area contributed by atoms with Gasteiger partial charge < -0.3 is 15.2 Å². The van der Waals surface area contributed by atoms with Crippen molar-refractivity contribution >= 4 is 5.91 Å². The van der Waals surface area contributed by atoms with Crippen LogP contribution in [0.5, 0.6) is 5.75 Å². The third-order valence-corrected chi connectivity index (χ3v) is 3.16. The lowest BCUT2D eigenvalue weighted by Crippen LogP contribution is -2.46. The molecule has 0 radical (unpaired) electrons. The Morgan fingerprint density at radius 1 is 1.42 bits per heavy atom. The SMILES string of the molecule is CC(CN1CCOCC1)NC(=O)c1ccccc1O. The first-order chi connectivity index (χ1) is 9.16. The van der Waals surface area contributed by atoms with Crippen LogP contribution in [0.2, 0.25) is 0 Å². The van der Waals surface area contributed by atoms with Gasteiger partial charge in [-0.25, -0.2) is 0 Å². The van der Waals surface area contributed by atoms with Crippen molar-refractivity contribution in [3.8, 4) is 5.75 Å². The van der Waals surface area contributed by atoms with Crippen molar-refractivity contribution in [1.82, 2.24) is 10.2 Å². The number of aromatic hydroxyl groups is 1. The number of phenols is 1. The van der Waals surface area contributed by atoms with Crippen LogP contribution in [0.3, 0.4) is 0 Å².